The Balaban J connectivity index is 1.49. The number of rotatable bonds is 5. The second kappa shape index (κ2) is 7.58. The van der Waals surface area contributed by atoms with Crippen molar-refractivity contribution in [1.82, 2.24) is 14.5 Å². The van der Waals surface area contributed by atoms with Crippen LogP contribution in [-0.2, 0) is 11.3 Å². The number of nitrogens with zero attached hydrogens (tertiary/aromatic N) is 3. The number of hydrogen-bond donors (Lipinski definition) is 0. The molecule has 1 atom stereocenters. The predicted molar refractivity (Wildman–Crippen MR) is 90.7 cm³/mol. The van der Waals surface area contributed by atoms with Crippen LogP contribution in [0.5, 0.6) is 0 Å². The molecule has 0 radical (unpaired) electrons. The fourth-order valence-corrected chi connectivity index (χ4v) is 3.60. The molecule has 3 heterocycles. The van der Waals surface area contributed by atoms with Gasteiger partial charge in [-0.1, -0.05) is 13.8 Å². The standard InChI is InChI=1S/C18H29N3O2/c1-14(2)17-10-18(22)21(13-19-17)11-15-5-7-20(8-6-15)12-16-4-3-9-23-16/h10,13-16H,3-9,11-12H2,1-2H3. The largest absolute Gasteiger partial charge is 0.377 e. The van der Waals surface area contributed by atoms with Crippen molar-refractivity contribution in [1.29, 1.82) is 0 Å². The summed E-state index contributed by atoms with van der Waals surface area (Å²) in [6.45, 7) is 9.19. The van der Waals surface area contributed by atoms with Gasteiger partial charge in [-0.15, -0.1) is 0 Å². The molecule has 2 aliphatic rings. The molecule has 5 nitrogen and oxygen atoms in total. The first-order valence-corrected chi connectivity index (χ1v) is 9.02. The molecule has 0 aliphatic carbocycles. The van der Waals surface area contributed by atoms with Crippen LogP contribution in [0.3, 0.4) is 0 Å². The lowest BCUT2D eigenvalue weighted by Gasteiger charge is -2.33. The lowest BCUT2D eigenvalue weighted by Crippen LogP contribution is -2.40. The van der Waals surface area contributed by atoms with Gasteiger partial charge in [0, 0.05) is 25.8 Å². The molecule has 0 aromatic carbocycles. The number of ether oxygens (including phenoxy) is 1. The Morgan fingerprint density at radius 1 is 1.26 bits per heavy atom. The maximum atomic E-state index is 12.2. The molecule has 0 amide bonds. The highest BCUT2D eigenvalue weighted by Crippen LogP contribution is 2.21. The fraction of sp³-hybridized carbons (Fsp3) is 0.778. The molecule has 23 heavy (non-hydrogen) atoms. The Labute approximate surface area is 138 Å². The molecular weight excluding hydrogens is 290 g/mol. The molecule has 0 N–H and O–H groups in total. The minimum Gasteiger partial charge on any atom is -0.377 e. The maximum Gasteiger partial charge on any atom is 0.253 e. The Morgan fingerprint density at radius 2 is 2.04 bits per heavy atom. The van der Waals surface area contributed by atoms with Crippen LogP contribution in [0, 0.1) is 5.92 Å². The molecule has 0 bridgehead atoms. The summed E-state index contributed by atoms with van der Waals surface area (Å²) in [6, 6.07) is 1.69. The molecule has 1 unspecified atom stereocenters. The smallest absolute Gasteiger partial charge is 0.253 e. The zero-order valence-corrected chi connectivity index (χ0v) is 14.4. The highest BCUT2D eigenvalue weighted by Gasteiger charge is 2.24. The van der Waals surface area contributed by atoms with E-state index in [1.165, 1.54) is 12.8 Å². The summed E-state index contributed by atoms with van der Waals surface area (Å²) in [6.07, 6.45) is 6.92. The van der Waals surface area contributed by atoms with Crippen LogP contribution in [0.25, 0.3) is 0 Å². The maximum absolute atomic E-state index is 12.2. The summed E-state index contributed by atoms with van der Waals surface area (Å²) in [5.41, 5.74) is 0.975. The monoisotopic (exact) mass is 319 g/mol. The molecule has 128 valence electrons. The van der Waals surface area contributed by atoms with Gasteiger partial charge in [-0.05, 0) is 50.6 Å². The second-order valence-corrected chi connectivity index (χ2v) is 7.34. The van der Waals surface area contributed by atoms with Crippen LogP contribution < -0.4 is 5.56 Å². The van der Waals surface area contributed by atoms with Gasteiger partial charge in [0.1, 0.15) is 0 Å². The van der Waals surface area contributed by atoms with Crippen molar-refractivity contribution in [3.8, 4) is 0 Å². The van der Waals surface area contributed by atoms with Crippen LogP contribution in [0.1, 0.15) is 51.1 Å². The van der Waals surface area contributed by atoms with Crippen LogP contribution in [-0.4, -0.2) is 46.8 Å². The van der Waals surface area contributed by atoms with Crippen molar-refractivity contribution in [2.45, 2.75) is 58.1 Å². The molecule has 1 aromatic heterocycles. The van der Waals surface area contributed by atoms with Gasteiger partial charge in [0.15, 0.2) is 0 Å². The van der Waals surface area contributed by atoms with E-state index in [0.717, 1.165) is 51.3 Å². The third-order valence-corrected chi connectivity index (χ3v) is 5.14. The van der Waals surface area contributed by atoms with Gasteiger partial charge in [-0.3, -0.25) is 9.36 Å². The van der Waals surface area contributed by atoms with E-state index in [4.69, 9.17) is 4.74 Å². The van der Waals surface area contributed by atoms with Gasteiger partial charge in [-0.2, -0.15) is 0 Å². The van der Waals surface area contributed by atoms with Gasteiger partial charge in [0.2, 0.25) is 0 Å². The average Bonchev–Trinajstić information content (AvgIpc) is 3.04. The van der Waals surface area contributed by atoms with E-state index in [0.29, 0.717) is 17.9 Å². The minimum atomic E-state index is 0.0884. The summed E-state index contributed by atoms with van der Waals surface area (Å²) in [4.78, 5) is 19.2. The average molecular weight is 319 g/mol. The van der Waals surface area contributed by atoms with E-state index in [9.17, 15) is 4.79 Å². The van der Waals surface area contributed by atoms with E-state index < -0.39 is 0 Å². The molecule has 5 heteroatoms. The second-order valence-electron chi connectivity index (χ2n) is 7.34. The van der Waals surface area contributed by atoms with E-state index in [-0.39, 0.29) is 5.56 Å². The van der Waals surface area contributed by atoms with Crippen molar-refractivity contribution in [2.75, 3.05) is 26.2 Å². The zero-order valence-electron chi connectivity index (χ0n) is 14.4. The first-order valence-electron chi connectivity index (χ1n) is 9.02. The number of piperidine rings is 1. The van der Waals surface area contributed by atoms with E-state index in [1.54, 1.807) is 17.0 Å². The highest BCUT2D eigenvalue weighted by atomic mass is 16.5. The van der Waals surface area contributed by atoms with Gasteiger partial charge in [0.05, 0.1) is 18.1 Å². The summed E-state index contributed by atoms with van der Waals surface area (Å²) in [5, 5.41) is 0. The van der Waals surface area contributed by atoms with Crippen molar-refractivity contribution < 1.29 is 4.74 Å². The quantitative estimate of drug-likeness (QED) is 0.835. The normalized spacial score (nSPS) is 23.7. The molecule has 3 rings (SSSR count). The van der Waals surface area contributed by atoms with Crippen LogP contribution in [0.15, 0.2) is 17.2 Å². The first kappa shape index (κ1) is 16.7. The predicted octanol–water partition coefficient (Wildman–Crippen LogP) is 2.26. The number of aromatic nitrogens is 2. The van der Waals surface area contributed by atoms with Crippen molar-refractivity contribution in [3.63, 3.8) is 0 Å². The molecule has 2 saturated heterocycles. The van der Waals surface area contributed by atoms with Crippen molar-refractivity contribution >= 4 is 0 Å². The van der Waals surface area contributed by atoms with E-state index in [1.807, 2.05) is 0 Å². The Morgan fingerprint density at radius 3 is 2.65 bits per heavy atom. The molecule has 0 saturated carbocycles. The summed E-state index contributed by atoms with van der Waals surface area (Å²) in [5.74, 6) is 0.888. The lowest BCUT2D eigenvalue weighted by atomic mass is 9.96. The lowest BCUT2D eigenvalue weighted by molar-refractivity contribution is 0.0583. The molecular formula is C18H29N3O2. The third kappa shape index (κ3) is 4.42. The number of hydrogen-bond acceptors (Lipinski definition) is 4. The SMILES string of the molecule is CC(C)c1cc(=O)n(CC2CCN(CC3CCCO3)CC2)cn1. The van der Waals surface area contributed by atoms with Crippen molar-refractivity contribution in [2.24, 2.45) is 5.92 Å². The van der Waals surface area contributed by atoms with Crippen molar-refractivity contribution in [3.05, 3.63) is 28.4 Å². The Bertz CT molecular complexity index is 556. The van der Waals surface area contributed by atoms with E-state index >= 15 is 0 Å². The summed E-state index contributed by atoms with van der Waals surface area (Å²) < 4.78 is 7.51. The topological polar surface area (TPSA) is 47.4 Å². The Hall–Kier alpha value is -1.20. The molecule has 0 spiro atoms. The molecule has 1 aromatic rings. The van der Waals surface area contributed by atoms with Gasteiger partial charge < -0.3 is 9.64 Å². The summed E-state index contributed by atoms with van der Waals surface area (Å²) in [7, 11) is 0. The fourth-order valence-electron chi connectivity index (χ4n) is 3.60. The minimum absolute atomic E-state index is 0.0884. The van der Waals surface area contributed by atoms with E-state index in [2.05, 4.69) is 23.7 Å². The van der Waals surface area contributed by atoms with Crippen LogP contribution >= 0.6 is 0 Å². The summed E-state index contributed by atoms with van der Waals surface area (Å²) >= 11 is 0. The van der Waals surface area contributed by atoms with Crippen LogP contribution in [0.4, 0.5) is 0 Å². The molecule has 2 aliphatic heterocycles. The van der Waals surface area contributed by atoms with Gasteiger partial charge >= 0.3 is 0 Å². The first-order chi connectivity index (χ1) is 11.1. The molecule has 2 fully saturated rings. The van der Waals surface area contributed by atoms with Gasteiger partial charge in [-0.25, -0.2) is 4.98 Å². The van der Waals surface area contributed by atoms with Crippen LogP contribution in [0.2, 0.25) is 0 Å². The van der Waals surface area contributed by atoms with Gasteiger partial charge in [0.25, 0.3) is 5.56 Å². The third-order valence-electron chi connectivity index (χ3n) is 5.14. The number of likely N-dealkylation sites (tertiary alicyclic amines) is 1. The zero-order chi connectivity index (χ0) is 16.2. The highest BCUT2D eigenvalue weighted by molar-refractivity contribution is 5.04. The Kier molecular flexibility index (Phi) is 5.49.